The molecular weight excluding hydrogens is 334 g/mol. The summed E-state index contributed by atoms with van der Waals surface area (Å²) in [6.07, 6.45) is 1.71. The molecule has 2 aromatic heterocycles. The van der Waals surface area contributed by atoms with Gasteiger partial charge >= 0.3 is 0 Å². The van der Waals surface area contributed by atoms with Gasteiger partial charge in [0.05, 0.1) is 17.4 Å². The Balaban J connectivity index is 1.58. The molecule has 0 bridgehead atoms. The van der Waals surface area contributed by atoms with Gasteiger partial charge in [-0.25, -0.2) is 4.98 Å². The number of amides is 1. The molecule has 0 fully saturated rings. The molecule has 1 N–H and O–H groups in total. The van der Waals surface area contributed by atoms with E-state index < -0.39 is 0 Å². The Hall–Kier alpha value is -2.47. The molecule has 0 aliphatic carbocycles. The summed E-state index contributed by atoms with van der Waals surface area (Å²) in [5.41, 5.74) is 0.570. The van der Waals surface area contributed by atoms with E-state index >= 15 is 0 Å². The topological polar surface area (TPSA) is 66.1 Å². The molecule has 3 rings (SSSR count). The first kappa shape index (κ1) is 17.4. The van der Waals surface area contributed by atoms with Crippen molar-refractivity contribution in [2.75, 3.05) is 6.54 Å². The summed E-state index contributed by atoms with van der Waals surface area (Å²) in [6.45, 7) is 3.35. The summed E-state index contributed by atoms with van der Waals surface area (Å²) >= 11 is 1.66. The lowest BCUT2D eigenvalue weighted by Crippen LogP contribution is -2.29. The number of aromatic nitrogens is 2. The zero-order valence-corrected chi connectivity index (χ0v) is 15.0. The van der Waals surface area contributed by atoms with E-state index in [0.29, 0.717) is 49.1 Å². The van der Waals surface area contributed by atoms with Crippen molar-refractivity contribution in [3.63, 3.8) is 0 Å². The van der Waals surface area contributed by atoms with Crippen molar-refractivity contribution in [2.45, 2.75) is 32.7 Å². The van der Waals surface area contributed by atoms with Crippen LogP contribution in [0.2, 0.25) is 0 Å². The van der Waals surface area contributed by atoms with Crippen molar-refractivity contribution < 1.29 is 4.79 Å². The van der Waals surface area contributed by atoms with E-state index in [2.05, 4.69) is 9.97 Å². The van der Waals surface area contributed by atoms with Gasteiger partial charge in [0.2, 0.25) is 5.91 Å². The molecule has 5 nitrogen and oxygen atoms in total. The van der Waals surface area contributed by atoms with Crippen LogP contribution in [0, 0.1) is 0 Å². The van der Waals surface area contributed by atoms with Gasteiger partial charge in [0, 0.05) is 24.3 Å². The van der Waals surface area contributed by atoms with Crippen LogP contribution in [0.25, 0.3) is 10.9 Å². The van der Waals surface area contributed by atoms with Gasteiger partial charge in [-0.15, -0.1) is 11.3 Å². The van der Waals surface area contributed by atoms with Crippen LogP contribution < -0.4 is 5.56 Å². The molecule has 6 heteroatoms. The third-order valence-corrected chi connectivity index (χ3v) is 4.99. The summed E-state index contributed by atoms with van der Waals surface area (Å²) in [6, 6.07) is 11.3. The van der Waals surface area contributed by atoms with Gasteiger partial charge in [-0.3, -0.25) is 9.59 Å². The number of hydrogen-bond acceptors (Lipinski definition) is 4. The Morgan fingerprint density at radius 2 is 2.08 bits per heavy atom. The molecule has 0 aliphatic heterocycles. The number of benzene rings is 1. The van der Waals surface area contributed by atoms with E-state index in [1.54, 1.807) is 17.4 Å². The number of para-hydroxylation sites is 1. The quantitative estimate of drug-likeness (QED) is 0.707. The Morgan fingerprint density at radius 1 is 1.24 bits per heavy atom. The molecule has 1 aromatic carbocycles. The number of carbonyl (C=O) groups is 1. The number of aryl methyl sites for hydroxylation is 1. The Kier molecular flexibility index (Phi) is 5.60. The highest BCUT2D eigenvalue weighted by Gasteiger charge is 2.13. The van der Waals surface area contributed by atoms with E-state index in [1.807, 2.05) is 47.5 Å². The lowest BCUT2D eigenvalue weighted by molar-refractivity contribution is -0.131. The lowest BCUT2D eigenvalue weighted by Gasteiger charge is -2.20. The average Bonchev–Trinajstić information content (AvgIpc) is 3.13. The van der Waals surface area contributed by atoms with Crippen molar-refractivity contribution in [1.29, 1.82) is 0 Å². The van der Waals surface area contributed by atoms with Crippen LogP contribution in [0.3, 0.4) is 0 Å². The first-order chi connectivity index (χ1) is 12.2. The molecule has 0 aliphatic rings. The van der Waals surface area contributed by atoms with Crippen LogP contribution >= 0.6 is 11.3 Å². The van der Waals surface area contributed by atoms with E-state index in [0.717, 1.165) is 0 Å². The summed E-state index contributed by atoms with van der Waals surface area (Å²) in [5.74, 6) is 0.775. The molecule has 130 valence electrons. The van der Waals surface area contributed by atoms with E-state index in [4.69, 9.17) is 0 Å². The lowest BCUT2D eigenvalue weighted by atomic mass is 10.2. The highest BCUT2D eigenvalue weighted by atomic mass is 32.1. The molecule has 25 heavy (non-hydrogen) atoms. The first-order valence-corrected chi connectivity index (χ1v) is 9.33. The first-order valence-electron chi connectivity index (χ1n) is 8.45. The van der Waals surface area contributed by atoms with Crippen molar-refractivity contribution in [3.05, 3.63) is 62.8 Å². The normalized spacial score (nSPS) is 10.9. The van der Waals surface area contributed by atoms with E-state index in [1.165, 1.54) is 4.88 Å². The second-order valence-corrected chi connectivity index (χ2v) is 6.90. The van der Waals surface area contributed by atoms with Gasteiger partial charge in [-0.2, -0.15) is 0 Å². The zero-order valence-electron chi connectivity index (χ0n) is 14.2. The number of rotatable bonds is 7. The number of fused-ring (bicyclic) bond motifs is 1. The van der Waals surface area contributed by atoms with Crippen molar-refractivity contribution in [2.24, 2.45) is 0 Å². The molecule has 3 aromatic rings. The maximum Gasteiger partial charge on any atom is 0.258 e. The van der Waals surface area contributed by atoms with Crippen molar-refractivity contribution >= 4 is 28.1 Å². The van der Waals surface area contributed by atoms with E-state index in [-0.39, 0.29) is 11.5 Å². The summed E-state index contributed by atoms with van der Waals surface area (Å²) in [4.78, 5) is 34.8. The van der Waals surface area contributed by atoms with Crippen molar-refractivity contribution in [1.82, 2.24) is 14.9 Å². The predicted octanol–water partition coefficient (Wildman–Crippen LogP) is 3.36. The number of H-pyrrole nitrogens is 1. The number of nitrogens with one attached hydrogen (secondary N) is 1. The van der Waals surface area contributed by atoms with Gasteiger partial charge in [0.15, 0.2) is 0 Å². The highest BCUT2D eigenvalue weighted by molar-refractivity contribution is 7.09. The minimum atomic E-state index is -0.125. The largest absolute Gasteiger partial charge is 0.338 e. The number of thiophene rings is 1. The molecule has 2 heterocycles. The fourth-order valence-electron chi connectivity index (χ4n) is 2.79. The van der Waals surface area contributed by atoms with Gasteiger partial charge in [-0.1, -0.05) is 18.2 Å². The summed E-state index contributed by atoms with van der Waals surface area (Å²) in [7, 11) is 0. The molecule has 0 radical (unpaired) electrons. The third kappa shape index (κ3) is 4.33. The minimum Gasteiger partial charge on any atom is -0.338 e. The van der Waals surface area contributed by atoms with Gasteiger partial charge < -0.3 is 9.88 Å². The van der Waals surface area contributed by atoms with Crippen LogP contribution in [0.4, 0.5) is 0 Å². The molecule has 0 spiro atoms. The smallest absolute Gasteiger partial charge is 0.258 e. The molecular formula is C19H21N3O2S. The van der Waals surface area contributed by atoms with Crippen molar-refractivity contribution in [3.8, 4) is 0 Å². The molecule has 0 saturated heterocycles. The highest BCUT2D eigenvalue weighted by Crippen LogP contribution is 2.13. The summed E-state index contributed by atoms with van der Waals surface area (Å²) in [5, 5.41) is 2.62. The van der Waals surface area contributed by atoms with Crippen LogP contribution in [0.15, 0.2) is 46.6 Å². The molecule has 0 unspecified atom stereocenters. The molecule has 0 atom stereocenters. The van der Waals surface area contributed by atoms with E-state index in [9.17, 15) is 9.59 Å². The number of aromatic amines is 1. The van der Waals surface area contributed by atoms with Crippen LogP contribution in [0.5, 0.6) is 0 Å². The zero-order chi connectivity index (χ0) is 17.6. The second kappa shape index (κ2) is 8.07. The van der Waals surface area contributed by atoms with Crippen LogP contribution in [-0.2, 0) is 17.8 Å². The molecule has 0 saturated carbocycles. The second-order valence-electron chi connectivity index (χ2n) is 5.87. The van der Waals surface area contributed by atoms with Gasteiger partial charge in [0.1, 0.15) is 5.82 Å². The third-order valence-electron chi connectivity index (χ3n) is 4.13. The fourth-order valence-corrected chi connectivity index (χ4v) is 3.50. The average molecular weight is 355 g/mol. The number of nitrogens with zero attached hydrogens (tertiary/aromatic N) is 2. The van der Waals surface area contributed by atoms with Crippen LogP contribution in [0.1, 0.15) is 30.5 Å². The maximum atomic E-state index is 12.4. The minimum absolute atomic E-state index is 0.125. The molecule has 1 amide bonds. The maximum absolute atomic E-state index is 12.4. The summed E-state index contributed by atoms with van der Waals surface area (Å²) < 4.78 is 0. The number of hydrogen-bond donors (Lipinski definition) is 1. The Bertz CT molecular complexity index is 902. The monoisotopic (exact) mass is 355 g/mol. The standard InChI is InChI=1S/C19H21N3O2S/c1-2-22(13-14-7-6-12-25-14)18(23)11-5-10-17-20-16-9-4-3-8-15(16)19(24)21-17/h3-4,6-9,12H,2,5,10-11,13H2,1H3,(H,20,21,24). The SMILES string of the molecule is CCN(Cc1cccs1)C(=O)CCCc1nc2ccccc2c(=O)[nH]1. The Labute approximate surface area is 150 Å². The van der Waals surface area contributed by atoms with Gasteiger partial charge in [-0.05, 0) is 36.9 Å². The van der Waals surface area contributed by atoms with Gasteiger partial charge in [0.25, 0.3) is 5.56 Å². The Morgan fingerprint density at radius 3 is 2.84 bits per heavy atom. The predicted molar refractivity (Wildman–Crippen MR) is 101 cm³/mol. The number of carbonyl (C=O) groups excluding carboxylic acids is 1. The van der Waals surface area contributed by atoms with Crippen LogP contribution in [-0.4, -0.2) is 27.3 Å². The fraction of sp³-hybridized carbons (Fsp3) is 0.316.